The number of benzene rings is 1. The zero-order chi connectivity index (χ0) is 17.8. The lowest BCUT2D eigenvalue weighted by atomic mass is 9.89. The van der Waals surface area contributed by atoms with Crippen molar-refractivity contribution in [3.63, 3.8) is 0 Å². The van der Waals surface area contributed by atoms with Crippen LogP contribution in [0, 0.1) is 5.92 Å². The van der Waals surface area contributed by atoms with Crippen LogP contribution in [0.4, 0.5) is 0 Å². The van der Waals surface area contributed by atoms with E-state index in [4.69, 9.17) is 14.2 Å². The molecule has 5 heteroatoms. The number of methoxy groups -OCH3 is 1. The topological polar surface area (TPSA) is 45.5 Å². The molecule has 0 radical (unpaired) electrons. The van der Waals surface area contributed by atoms with Crippen LogP contribution in [-0.4, -0.2) is 36.2 Å². The van der Waals surface area contributed by atoms with Crippen molar-refractivity contribution in [3.05, 3.63) is 30.5 Å². The highest BCUT2D eigenvalue weighted by molar-refractivity contribution is 5.64. The average molecular weight is 356 g/mol. The fourth-order valence-corrected chi connectivity index (χ4v) is 4.05. The summed E-state index contributed by atoms with van der Waals surface area (Å²) in [6.07, 6.45) is 9.64. The molecule has 0 amide bonds. The Balaban J connectivity index is 1.56. The normalized spacial score (nSPS) is 21.0. The number of ether oxygens (including phenoxy) is 3. The van der Waals surface area contributed by atoms with E-state index < -0.39 is 0 Å². The molecule has 2 aliphatic rings. The molecular formula is C21H28N2O3. The summed E-state index contributed by atoms with van der Waals surface area (Å²) in [5.74, 6) is 2.29. The summed E-state index contributed by atoms with van der Waals surface area (Å²) in [5.41, 5.74) is 2.26. The van der Waals surface area contributed by atoms with Crippen LogP contribution >= 0.6 is 0 Å². The molecule has 1 saturated heterocycles. The summed E-state index contributed by atoms with van der Waals surface area (Å²) in [7, 11) is 1.68. The van der Waals surface area contributed by atoms with Gasteiger partial charge in [0.15, 0.2) is 11.5 Å². The first kappa shape index (κ1) is 17.4. The molecule has 0 unspecified atom stereocenters. The Labute approximate surface area is 155 Å². The van der Waals surface area contributed by atoms with Crippen LogP contribution in [0.3, 0.4) is 0 Å². The van der Waals surface area contributed by atoms with E-state index in [-0.39, 0.29) is 6.10 Å². The first-order chi connectivity index (χ1) is 12.8. The van der Waals surface area contributed by atoms with E-state index >= 15 is 0 Å². The molecular weight excluding hydrogens is 328 g/mol. The van der Waals surface area contributed by atoms with Crippen LogP contribution < -0.4 is 9.47 Å². The van der Waals surface area contributed by atoms with Crippen molar-refractivity contribution in [1.29, 1.82) is 0 Å². The minimum Gasteiger partial charge on any atom is -0.493 e. The van der Waals surface area contributed by atoms with Crippen molar-refractivity contribution in [3.8, 4) is 22.8 Å². The van der Waals surface area contributed by atoms with E-state index in [0.29, 0.717) is 6.61 Å². The van der Waals surface area contributed by atoms with Gasteiger partial charge in [-0.25, -0.2) is 0 Å². The van der Waals surface area contributed by atoms with Gasteiger partial charge in [0.25, 0.3) is 0 Å². The molecule has 140 valence electrons. The van der Waals surface area contributed by atoms with Gasteiger partial charge in [0.2, 0.25) is 0 Å². The summed E-state index contributed by atoms with van der Waals surface area (Å²) >= 11 is 0. The van der Waals surface area contributed by atoms with Gasteiger partial charge in [-0.05, 0) is 43.0 Å². The van der Waals surface area contributed by atoms with Crippen LogP contribution in [0.25, 0.3) is 11.3 Å². The van der Waals surface area contributed by atoms with Crippen molar-refractivity contribution < 1.29 is 14.2 Å². The van der Waals surface area contributed by atoms with Gasteiger partial charge in [-0.2, -0.15) is 5.10 Å². The first-order valence-corrected chi connectivity index (χ1v) is 9.78. The molecule has 4 rings (SSSR count). The number of aromatic nitrogens is 2. The molecule has 0 spiro atoms. The van der Waals surface area contributed by atoms with Gasteiger partial charge in [0.1, 0.15) is 6.10 Å². The Morgan fingerprint density at radius 2 is 2.00 bits per heavy atom. The lowest BCUT2D eigenvalue weighted by Gasteiger charge is -2.22. The molecule has 1 saturated carbocycles. The molecule has 1 aromatic heterocycles. The number of nitrogens with zero attached hydrogens (tertiary/aromatic N) is 2. The average Bonchev–Trinajstić information content (AvgIpc) is 3.35. The standard InChI is InChI=1S/C21H28N2O3/c1-24-20-8-7-17(13-21(20)26-18-10-12-25-15-18)19-9-11-22-23(19)14-16-5-3-2-4-6-16/h7-9,11,13,16,18H,2-6,10,12,14-15H2,1H3/t18-/m1/s1. The van der Waals surface area contributed by atoms with Crippen LogP contribution in [0.2, 0.25) is 0 Å². The van der Waals surface area contributed by atoms with E-state index in [9.17, 15) is 0 Å². The minimum absolute atomic E-state index is 0.103. The zero-order valence-electron chi connectivity index (χ0n) is 15.5. The van der Waals surface area contributed by atoms with Crippen LogP contribution in [0.5, 0.6) is 11.5 Å². The number of rotatable bonds is 6. The van der Waals surface area contributed by atoms with E-state index in [0.717, 1.165) is 48.2 Å². The van der Waals surface area contributed by atoms with E-state index in [1.54, 1.807) is 7.11 Å². The third kappa shape index (κ3) is 3.88. The molecule has 0 N–H and O–H groups in total. The second-order valence-corrected chi connectivity index (χ2v) is 7.37. The van der Waals surface area contributed by atoms with Crippen molar-refractivity contribution in [2.24, 2.45) is 5.92 Å². The monoisotopic (exact) mass is 356 g/mol. The van der Waals surface area contributed by atoms with E-state index in [1.807, 2.05) is 12.3 Å². The van der Waals surface area contributed by atoms with Gasteiger partial charge in [0, 0.05) is 24.7 Å². The van der Waals surface area contributed by atoms with Gasteiger partial charge in [-0.1, -0.05) is 19.3 Å². The SMILES string of the molecule is COc1ccc(-c2ccnn2CC2CCCCC2)cc1O[C@@H]1CCOC1. The zero-order valence-corrected chi connectivity index (χ0v) is 15.5. The highest BCUT2D eigenvalue weighted by atomic mass is 16.6. The smallest absolute Gasteiger partial charge is 0.162 e. The molecule has 2 aromatic rings. The largest absolute Gasteiger partial charge is 0.493 e. The summed E-state index contributed by atoms with van der Waals surface area (Å²) in [6.45, 7) is 2.41. The fourth-order valence-electron chi connectivity index (χ4n) is 4.05. The van der Waals surface area contributed by atoms with Crippen LogP contribution in [-0.2, 0) is 11.3 Å². The lowest BCUT2D eigenvalue weighted by Crippen LogP contribution is -2.16. The molecule has 1 aliphatic carbocycles. The van der Waals surface area contributed by atoms with Gasteiger partial charge < -0.3 is 14.2 Å². The highest BCUT2D eigenvalue weighted by Crippen LogP contribution is 2.34. The third-order valence-corrected chi connectivity index (χ3v) is 5.51. The van der Waals surface area contributed by atoms with Gasteiger partial charge in [0.05, 0.1) is 26.0 Å². The second-order valence-electron chi connectivity index (χ2n) is 7.37. The lowest BCUT2D eigenvalue weighted by molar-refractivity contribution is 0.138. The second kappa shape index (κ2) is 8.12. The minimum atomic E-state index is 0.103. The molecule has 1 aliphatic heterocycles. The molecule has 26 heavy (non-hydrogen) atoms. The maximum absolute atomic E-state index is 6.15. The Kier molecular flexibility index (Phi) is 5.44. The van der Waals surface area contributed by atoms with Crippen molar-refractivity contribution in [1.82, 2.24) is 9.78 Å². The quantitative estimate of drug-likeness (QED) is 0.774. The molecule has 2 heterocycles. The number of hydrogen-bond acceptors (Lipinski definition) is 4. The van der Waals surface area contributed by atoms with Crippen molar-refractivity contribution in [2.75, 3.05) is 20.3 Å². The van der Waals surface area contributed by atoms with Crippen LogP contribution in [0.1, 0.15) is 38.5 Å². The predicted octanol–water partition coefficient (Wildman–Crippen LogP) is 4.31. The number of hydrogen-bond donors (Lipinski definition) is 0. The van der Waals surface area contributed by atoms with E-state index in [1.165, 1.54) is 32.1 Å². The van der Waals surface area contributed by atoms with Gasteiger partial charge in [-0.3, -0.25) is 4.68 Å². The molecule has 2 fully saturated rings. The van der Waals surface area contributed by atoms with Crippen molar-refractivity contribution in [2.45, 2.75) is 51.2 Å². The fraction of sp³-hybridized carbons (Fsp3) is 0.571. The van der Waals surface area contributed by atoms with Crippen molar-refractivity contribution >= 4 is 0 Å². The molecule has 5 nitrogen and oxygen atoms in total. The first-order valence-electron chi connectivity index (χ1n) is 9.78. The van der Waals surface area contributed by atoms with Gasteiger partial charge >= 0.3 is 0 Å². The van der Waals surface area contributed by atoms with Crippen LogP contribution in [0.15, 0.2) is 30.5 Å². The summed E-state index contributed by atoms with van der Waals surface area (Å²) < 4.78 is 19.2. The predicted molar refractivity (Wildman–Crippen MR) is 101 cm³/mol. The highest BCUT2D eigenvalue weighted by Gasteiger charge is 2.21. The molecule has 1 atom stereocenters. The Bertz CT molecular complexity index is 716. The maximum Gasteiger partial charge on any atom is 0.162 e. The summed E-state index contributed by atoms with van der Waals surface area (Å²) in [4.78, 5) is 0. The maximum atomic E-state index is 6.15. The third-order valence-electron chi connectivity index (χ3n) is 5.51. The molecule has 1 aromatic carbocycles. The Hall–Kier alpha value is -2.01. The Morgan fingerprint density at radius 1 is 1.12 bits per heavy atom. The molecule has 0 bridgehead atoms. The van der Waals surface area contributed by atoms with Gasteiger partial charge in [-0.15, -0.1) is 0 Å². The van der Waals surface area contributed by atoms with E-state index in [2.05, 4.69) is 28.0 Å². The Morgan fingerprint density at radius 3 is 2.77 bits per heavy atom. The summed E-state index contributed by atoms with van der Waals surface area (Å²) in [5, 5.41) is 4.59. The summed E-state index contributed by atoms with van der Waals surface area (Å²) in [6, 6.07) is 8.24.